The number of rotatable bonds is 7. The van der Waals surface area contributed by atoms with Crippen molar-refractivity contribution in [3.63, 3.8) is 0 Å². The van der Waals surface area contributed by atoms with Crippen LogP contribution in [0, 0.1) is 5.92 Å². The van der Waals surface area contributed by atoms with E-state index in [1.807, 2.05) is 24.3 Å². The molecule has 6 nitrogen and oxygen atoms in total. The molecule has 0 aliphatic heterocycles. The molecule has 0 saturated heterocycles. The van der Waals surface area contributed by atoms with Gasteiger partial charge in [0, 0.05) is 18.2 Å². The third kappa shape index (κ3) is 6.39. The second-order valence-corrected chi connectivity index (χ2v) is 6.24. The Balaban J connectivity index is 1.91. The summed E-state index contributed by atoms with van der Waals surface area (Å²) in [5.74, 6) is 0.719. The number of amides is 2. The van der Waals surface area contributed by atoms with Gasteiger partial charge in [0.15, 0.2) is 0 Å². The molecular weight excluding hydrogens is 330 g/mol. The van der Waals surface area contributed by atoms with Crippen LogP contribution < -0.4 is 15.5 Å². The minimum atomic E-state index is -0.356. The first-order chi connectivity index (χ1) is 12.4. The predicted octanol–water partition coefficient (Wildman–Crippen LogP) is 3.44. The Labute approximate surface area is 153 Å². The summed E-state index contributed by atoms with van der Waals surface area (Å²) < 4.78 is 5.62. The Morgan fingerprint density at radius 1 is 1.15 bits per heavy atom. The zero-order chi connectivity index (χ0) is 18.9. The standard InChI is InChI=1S/C20H23N3O3/c1-14(2)13-26-19-9-7-16(8-10-19)12-21-23-20(25)17-5-4-6-18(11-17)22-15(3)24/h4-12,14H,13H2,1-3H3,(H,22,24)(H,23,25)/b21-12+. The third-order valence-electron chi connectivity index (χ3n) is 3.29. The highest BCUT2D eigenvalue weighted by Gasteiger charge is 2.05. The quantitative estimate of drug-likeness (QED) is 0.591. The Morgan fingerprint density at radius 3 is 2.54 bits per heavy atom. The van der Waals surface area contributed by atoms with E-state index >= 15 is 0 Å². The summed E-state index contributed by atoms with van der Waals surface area (Å²) in [6.45, 7) is 6.27. The van der Waals surface area contributed by atoms with Crippen molar-refractivity contribution in [1.82, 2.24) is 5.43 Å². The fourth-order valence-electron chi connectivity index (χ4n) is 2.08. The molecule has 2 rings (SSSR count). The normalized spacial score (nSPS) is 10.8. The largest absolute Gasteiger partial charge is 0.493 e. The Hall–Kier alpha value is -3.15. The van der Waals surface area contributed by atoms with Crippen molar-refractivity contribution in [2.45, 2.75) is 20.8 Å². The monoisotopic (exact) mass is 353 g/mol. The van der Waals surface area contributed by atoms with Gasteiger partial charge in [0.25, 0.3) is 5.91 Å². The lowest BCUT2D eigenvalue weighted by Gasteiger charge is -2.08. The molecule has 0 saturated carbocycles. The topological polar surface area (TPSA) is 79.8 Å². The number of ether oxygens (including phenoxy) is 1. The van der Waals surface area contributed by atoms with E-state index in [1.165, 1.54) is 6.92 Å². The lowest BCUT2D eigenvalue weighted by molar-refractivity contribution is -0.114. The molecule has 0 aliphatic rings. The minimum absolute atomic E-state index is 0.193. The maximum atomic E-state index is 12.1. The second kappa shape index (κ2) is 9.36. The van der Waals surface area contributed by atoms with Gasteiger partial charge in [-0.2, -0.15) is 5.10 Å². The van der Waals surface area contributed by atoms with Crippen LogP contribution in [-0.2, 0) is 4.79 Å². The van der Waals surface area contributed by atoms with Crippen LogP contribution >= 0.6 is 0 Å². The molecule has 0 unspecified atom stereocenters. The predicted molar refractivity (Wildman–Crippen MR) is 103 cm³/mol. The van der Waals surface area contributed by atoms with Crippen molar-refractivity contribution in [3.05, 3.63) is 59.7 Å². The molecule has 136 valence electrons. The summed E-state index contributed by atoms with van der Waals surface area (Å²) in [6.07, 6.45) is 1.56. The van der Waals surface area contributed by atoms with Gasteiger partial charge in [-0.05, 0) is 53.9 Å². The van der Waals surface area contributed by atoms with Gasteiger partial charge in [-0.1, -0.05) is 19.9 Å². The van der Waals surface area contributed by atoms with E-state index < -0.39 is 0 Å². The number of hydrogen-bond acceptors (Lipinski definition) is 4. The molecule has 0 radical (unpaired) electrons. The average molecular weight is 353 g/mol. The van der Waals surface area contributed by atoms with Crippen molar-refractivity contribution in [1.29, 1.82) is 0 Å². The lowest BCUT2D eigenvalue weighted by atomic mass is 10.2. The van der Waals surface area contributed by atoms with Gasteiger partial charge < -0.3 is 10.1 Å². The summed E-state index contributed by atoms with van der Waals surface area (Å²) in [5, 5.41) is 6.59. The maximum absolute atomic E-state index is 12.1. The first-order valence-electron chi connectivity index (χ1n) is 8.38. The number of nitrogens with one attached hydrogen (secondary N) is 2. The molecule has 0 atom stereocenters. The van der Waals surface area contributed by atoms with Crippen LogP contribution in [0.2, 0.25) is 0 Å². The smallest absolute Gasteiger partial charge is 0.271 e. The van der Waals surface area contributed by atoms with Crippen LogP contribution in [-0.4, -0.2) is 24.6 Å². The van der Waals surface area contributed by atoms with Crippen molar-refractivity contribution < 1.29 is 14.3 Å². The number of hydrazone groups is 1. The van der Waals surface area contributed by atoms with E-state index in [0.29, 0.717) is 23.8 Å². The molecule has 0 aliphatic carbocycles. The molecule has 2 aromatic carbocycles. The average Bonchev–Trinajstić information content (AvgIpc) is 2.60. The van der Waals surface area contributed by atoms with Gasteiger partial charge in [0.05, 0.1) is 12.8 Å². The summed E-state index contributed by atoms with van der Waals surface area (Å²) in [4.78, 5) is 23.2. The Kier molecular flexibility index (Phi) is 6.91. The molecule has 0 aromatic heterocycles. The minimum Gasteiger partial charge on any atom is -0.493 e. The van der Waals surface area contributed by atoms with Crippen molar-refractivity contribution >= 4 is 23.7 Å². The van der Waals surface area contributed by atoms with Crippen LogP contribution in [0.4, 0.5) is 5.69 Å². The molecule has 2 aromatic rings. The highest BCUT2D eigenvalue weighted by atomic mass is 16.5. The number of benzene rings is 2. The highest BCUT2D eigenvalue weighted by molar-refractivity contribution is 5.97. The van der Waals surface area contributed by atoms with E-state index in [1.54, 1.807) is 30.5 Å². The first kappa shape index (κ1) is 19.2. The van der Waals surface area contributed by atoms with Gasteiger partial charge in [0.1, 0.15) is 5.75 Å². The number of nitrogens with zero attached hydrogens (tertiary/aromatic N) is 1. The first-order valence-corrected chi connectivity index (χ1v) is 8.38. The molecule has 2 N–H and O–H groups in total. The summed E-state index contributed by atoms with van der Waals surface area (Å²) >= 11 is 0. The van der Waals surface area contributed by atoms with Crippen LogP contribution in [0.15, 0.2) is 53.6 Å². The third-order valence-corrected chi connectivity index (χ3v) is 3.29. The molecule has 0 bridgehead atoms. The summed E-state index contributed by atoms with van der Waals surface area (Å²) in [6, 6.07) is 14.1. The van der Waals surface area contributed by atoms with E-state index in [2.05, 4.69) is 29.7 Å². The molecule has 2 amide bonds. The van der Waals surface area contributed by atoms with Gasteiger partial charge in [0.2, 0.25) is 5.91 Å². The van der Waals surface area contributed by atoms with E-state index in [0.717, 1.165) is 11.3 Å². The summed E-state index contributed by atoms with van der Waals surface area (Å²) in [7, 11) is 0. The molecule has 0 fully saturated rings. The van der Waals surface area contributed by atoms with Gasteiger partial charge >= 0.3 is 0 Å². The van der Waals surface area contributed by atoms with E-state index in [4.69, 9.17) is 4.74 Å². The lowest BCUT2D eigenvalue weighted by Crippen LogP contribution is -2.18. The number of carbonyl (C=O) groups is 2. The van der Waals surface area contributed by atoms with Gasteiger partial charge in [-0.15, -0.1) is 0 Å². The Bertz CT molecular complexity index is 783. The number of anilines is 1. The zero-order valence-corrected chi connectivity index (χ0v) is 15.2. The second-order valence-electron chi connectivity index (χ2n) is 6.24. The van der Waals surface area contributed by atoms with E-state index in [-0.39, 0.29) is 11.8 Å². The van der Waals surface area contributed by atoms with Crippen LogP contribution in [0.1, 0.15) is 36.7 Å². The highest BCUT2D eigenvalue weighted by Crippen LogP contribution is 2.13. The number of carbonyl (C=O) groups excluding carboxylic acids is 2. The molecular formula is C20H23N3O3. The fourth-order valence-corrected chi connectivity index (χ4v) is 2.08. The van der Waals surface area contributed by atoms with Crippen LogP contribution in [0.5, 0.6) is 5.75 Å². The number of hydrogen-bond donors (Lipinski definition) is 2. The van der Waals surface area contributed by atoms with Crippen molar-refractivity contribution in [2.24, 2.45) is 11.0 Å². The SMILES string of the molecule is CC(=O)Nc1cccc(C(=O)N/N=C/c2ccc(OCC(C)C)cc2)c1. The van der Waals surface area contributed by atoms with Crippen LogP contribution in [0.25, 0.3) is 0 Å². The molecule has 0 heterocycles. The Morgan fingerprint density at radius 2 is 1.88 bits per heavy atom. The fraction of sp³-hybridized carbons (Fsp3) is 0.250. The summed E-state index contributed by atoms with van der Waals surface area (Å²) in [5.41, 5.74) is 4.28. The zero-order valence-electron chi connectivity index (χ0n) is 15.2. The van der Waals surface area contributed by atoms with Crippen LogP contribution in [0.3, 0.4) is 0 Å². The van der Waals surface area contributed by atoms with Gasteiger partial charge in [-0.3, -0.25) is 9.59 Å². The maximum Gasteiger partial charge on any atom is 0.271 e. The van der Waals surface area contributed by atoms with Crippen molar-refractivity contribution in [2.75, 3.05) is 11.9 Å². The molecule has 26 heavy (non-hydrogen) atoms. The molecule has 6 heteroatoms. The van der Waals surface area contributed by atoms with E-state index in [9.17, 15) is 9.59 Å². The van der Waals surface area contributed by atoms with Gasteiger partial charge in [-0.25, -0.2) is 5.43 Å². The molecule has 0 spiro atoms. The van der Waals surface area contributed by atoms with Crippen molar-refractivity contribution in [3.8, 4) is 5.75 Å².